The summed E-state index contributed by atoms with van der Waals surface area (Å²) < 4.78 is 5.37. The number of carbonyl (C=O) groups is 3. The summed E-state index contributed by atoms with van der Waals surface area (Å²) >= 11 is 6.19. The molecule has 31 heavy (non-hydrogen) atoms. The second-order valence-corrected chi connectivity index (χ2v) is 8.13. The molecule has 1 fully saturated rings. The van der Waals surface area contributed by atoms with E-state index in [1.54, 1.807) is 35.4 Å². The summed E-state index contributed by atoms with van der Waals surface area (Å²) in [5.41, 5.74) is 1.48. The zero-order valence-electron chi connectivity index (χ0n) is 18.0. The topological polar surface area (TPSA) is 74.1 Å². The van der Waals surface area contributed by atoms with Crippen LogP contribution in [0.5, 0.6) is 0 Å². The maximum absolute atomic E-state index is 13.0. The van der Waals surface area contributed by atoms with Crippen molar-refractivity contribution in [1.29, 1.82) is 0 Å². The van der Waals surface area contributed by atoms with Gasteiger partial charge in [0.25, 0.3) is 0 Å². The van der Waals surface area contributed by atoms with E-state index < -0.39 is 0 Å². The maximum atomic E-state index is 13.0. The van der Waals surface area contributed by atoms with Gasteiger partial charge in [0, 0.05) is 17.1 Å². The molecular formula is C23H28ClN3O4. The molecule has 0 aliphatic carbocycles. The van der Waals surface area contributed by atoms with Crippen molar-refractivity contribution < 1.29 is 18.8 Å². The van der Waals surface area contributed by atoms with Crippen LogP contribution in [0.1, 0.15) is 43.9 Å². The number of nitrogens with zero attached hydrogens (tertiary/aromatic N) is 3. The minimum atomic E-state index is -0.272. The van der Waals surface area contributed by atoms with E-state index in [9.17, 15) is 14.4 Å². The fraction of sp³-hybridized carbons (Fsp3) is 0.435. The largest absolute Gasteiger partial charge is 0.467 e. The number of unbranched alkanes of at least 4 members (excludes halogenated alkanes) is 2. The van der Waals surface area contributed by atoms with Crippen molar-refractivity contribution in [2.45, 2.75) is 46.1 Å². The third-order valence-electron chi connectivity index (χ3n) is 5.42. The molecule has 0 bridgehead atoms. The molecule has 0 atom stereocenters. The van der Waals surface area contributed by atoms with Crippen LogP contribution in [-0.2, 0) is 20.9 Å². The molecule has 3 rings (SSSR count). The van der Waals surface area contributed by atoms with Gasteiger partial charge in [0.05, 0.1) is 12.8 Å². The molecule has 0 saturated carbocycles. The van der Waals surface area contributed by atoms with Gasteiger partial charge < -0.3 is 14.2 Å². The van der Waals surface area contributed by atoms with E-state index in [1.165, 1.54) is 9.80 Å². The zero-order valence-corrected chi connectivity index (χ0v) is 18.7. The second kappa shape index (κ2) is 10.5. The van der Waals surface area contributed by atoms with Crippen LogP contribution in [0.15, 0.2) is 41.0 Å². The van der Waals surface area contributed by atoms with Crippen molar-refractivity contribution >= 4 is 35.0 Å². The highest BCUT2D eigenvalue weighted by Crippen LogP contribution is 2.28. The number of amides is 3. The molecule has 7 nitrogen and oxygen atoms in total. The van der Waals surface area contributed by atoms with Crippen LogP contribution < -0.4 is 4.90 Å². The zero-order chi connectivity index (χ0) is 22.4. The minimum absolute atomic E-state index is 0.0244. The highest BCUT2D eigenvalue weighted by Gasteiger charge is 2.33. The van der Waals surface area contributed by atoms with Crippen molar-refractivity contribution in [2.75, 3.05) is 24.7 Å². The van der Waals surface area contributed by atoms with Crippen LogP contribution in [0.3, 0.4) is 0 Å². The first kappa shape index (κ1) is 22.9. The quantitative estimate of drug-likeness (QED) is 0.547. The van der Waals surface area contributed by atoms with Crippen LogP contribution >= 0.6 is 11.6 Å². The van der Waals surface area contributed by atoms with Crippen LogP contribution in [0.4, 0.5) is 5.69 Å². The van der Waals surface area contributed by atoms with Gasteiger partial charge in [-0.15, -0.1) is 0 Å². The lowest BCUT2D eigenvalue weighted by Crippen LogP contribution is -2.42. The molecule has 166 valence electrons. The lowest BCUT2D eigenvalue weighted by atomic mass is 10.2. The maximum Gasteiger partial charge on any atom is 0.248 e. The molecule has 0 spiro atoms. The first-order valence-electron chi connectivity index (χ1n) is 10.5. The second-order valence-electron chi connectivity index (χ2n) is 7.73. The summed E-state index contributed by atoms with van der Waals surface area (Å²) in [6.45, 7) is 4.16. The lowest BCUT2D eigenvalue weighted by molar-refractivity contribution is -0.141. The molecule has 0 N–H and O–H groups in total. The Labute approximate surface area is 187 Å². The SMILES string of the molecule is CCCCCC(=O)N(CC(=O)N1CC(=O)N(c2cccc(Cl)c2C)C1)Cc1ccco1. The number of anilines is 1. The summed E-state index contributed by atoms with van der Waals surface area (Å²) in [4.78, 5) is 42.9. The number of halogens is 1. The van der Waals surface area contributed by atoms with E-state index in [2.05, 4.69) is 6.92 Å². The molecule has 2 heterocycles. The minimum Gasteiger partial charge on any atom is -0.467 e. The number of rotatable bonds is 9. The normalized spacial score (nSPS) is 13.7. The predicted octanol–water partition coefficient (Wildman–Crippen LogP) is 3.98. The summed E-state index contributed by atoms with van der Waals surface area (Å²) in [5, 5.41) is 0.567. The fourth-order valence-electron chi connectivity index (χ4n) is 3.58. The molecule has 1 aromatic heterocycles. The summed E-state index contributed by atoms with van der Waals surface area (Å²) in [7, 11) is 0. The monoisotopic (exact) mass is 445 g/mol. The summed E-state index contributed by atoms with van der Waals surface area (Å²) in [5.74, 6) is 0.0769. The average molecular weight is 446 g/mol. The lowest BCUT2D eigenvalue weighted by Gasteiger charge is -2.25. The van der Waals surface area contributed by atoms with Crippen LogP contribution in [0.25, 0.3) is 0 Å². The first-order valence-corrected chi connectivity index (χ1v) is 10.9. The van der Waals surface area contributed by atoms with Crippen molar-refractivity contribution in [3.63, 3.8) is 0 Å². The van der Waals surface area contributed by atoms with Crippen molar-refractivity contribution in [1.82, 2.24) is 9.80 Å². The van der Waals surface area contributed by atoms with Gasteiger partial charge in [0.1, 0.15) is 25.5 Å². The Morgan fingerprint density at radius 2 is 2.00 bits per heavy atom. The van der Waals surface area contributed by atoms with E-state index in [-0.39, 0.29) is 44.0 Å². The number of benzene rings is 1. The number of furan rings is 1. The van der Waals surface area contributed by atoms with Crippen molar-refractivity contribution in [3.8, 4) is 0 Å². The van der Waals surface area contributed by atoms with Gasteiger partial charge in [-0.3, -0.25) is 19.3 Å². The van der Waals surface area contributed by atoms with Crippen molar-refractivity contribution in [3.05, 3.63) is 52.9 Å². The third-order valence-corrected chi connectivity index (χ3v) is 5.83. The number of hydrogen-bond acceptors (Lipinski definition) is 4. The highest BCUT2D eigenvalue weighted by molar-refractivity contribution is 6.31. The van der Waals surface area contributed by atoms with E-state index in [0.29, 0.717) is 22.9 Å². The molecule has 1 aliphatic heterocycles. The molecule has 1 aromatic carbocycles. The van der Waals surface area contributed by atoms with Gasteiger partial charge in [-0.1, -0.05) is 37.4 Å². The standard InChI is InChI=1S/C23H28ClN3O4/c1-3-4-5-11-21(28)25(13-18-8-7-12-31-18)14-22(29)26-15-23(30)27(16-26)20-10-6-9-19(24)17(20)2/h6-10,12H,3-5,11,13-16H2,1-2H3. The highest BCUT2D eigenvalue weighted by atomic mass is 35.5. The van der Waals surface area contributed by atoms with Crippen LogP contribution in [0.2, 0.25) is 5.02 Å². The van der Waals surface area contributed by atoms with Gasteiger partial charge >= 0.3 is 0 Å². The summed E-state index contributed by atoms with van der Waals surface area (Å²) in [6.07, 6.45) is 4.68. The molecule has 8 heteroatoms. The Kier molecular flexibility index (Phi) is 7.74. The fourth-order valence-corrected chi connectivity index (χ4v) is 3.75. The Balaban J connectivity index is 1.68. The van der Waals surface area contributed by atoms with Gasteiger partial charge in [-0.05, 0) is 43.2 Å². The van der Waals surface area contributed by atoms with Crippen LogP contribution in [-0.4, -0.2) is 47.3 Å². The van der Waals surface area contributed by atoms with Gasteiger partial charge in [0.15, 0.2) is 0 Å². The molecular weight excluding hydrogens is 418 g/mol. The number of hydrogen-bond donors (Lipinski definition) is 0. The number of carbonyl (C=O) groups excluding carboxylic acids is 3. The van der Waals surface area contributed by atoms with E-state index in [0.717, 1.165) is 24.8 Å². The molecule has 2 aromatic rings. The Morgan fingerprint density at radius 1 is 1.19 bits per heavy atom. The van der Waals surface area contributed by atoms with E-state index in [1.807, 2.05) is 13.0 Å². The Hall–Kier alpha value is -2.80. The Morgan fingerprint density at radius 3 is 2.71 bits per heavy atom. The van der Waals surface area contributed by atoms with Crippen LogP contribution in [0, 0.1) is 6.92 Å². The Bertz CT molecular complexity index is 929. The van der Waals surface area contributed by atoms with Crippen molar-refractivity contribution in [2.24, 2.45) is 0 Å². The van der Waals surface area contributed by atoms with Gasteiger partial charge in [-0.25, -0.2) is 0 Å². The molecule has 0 radical (unpaired) electrons. The molecule has 3 amide bonds. The first-order chi connectivity index (χ1) is 14.9. The average Bonchev–Trinajstić information content (AvgIpc) is 3.39. The molecule has 1 aliphatic rings. The smallest absolute Gasteiger partial charge is 0.248 e. The third kappa shape index (κ3) is 5.67. The van der Waals surface area contributed by atoms with Gasteiger partial charge in [-0.2, -0.15) is 0 Å². The predicted molar refractivity (Wildman–Crippen MR) is 119 cm³/mol. The summed E-state index contributed by atoms with van der Waals surface area (Å²) in [6, 6.07) is 8.89. The van der Waals surface area contributed by atoms with E-state index >= 15 is 0 Å². The molecule has 0 unspecified atom stereocenters. The molecule has 1 saturated heterocycles. The van der Waals surface area contributed by atoms with E-state index in [4.69, 9.17) is 16.0 Å². The van der Waals surface area contributed by atoms with Gasteiger partial charge in [0.2, 0.25) is 17.7 Å².